The monoisotopic (exact) mass is 349 g/mol. The summed E-state index contributed by atoms with van der Waals surface area (Å²) in [5.41, 5.74) is 0.808. The number of hydrogen-bond acceptors (Lipinski definition) is 2. The van der Waals surface area contributed by atoms with Gasteiger partial charge in [-0.05, 0) is 35.9 Å². The molecule has 1 N–H and O–H groups in total. The Bertz CT molecular complexity index is 799. The largest absolute Gasteiger partial charge is 0.383 e. The highest BCUT2D eigenvalue weighted by Crippen LogP contribution is 2.30. The molecule has 0 amide bonds. The molecule has 0 saturated heterocycles. The molecule has 0 spiro atoms. The van der Waals surface area contributed by atoms with E-state index in [1.54, 1.807) is 30.5 Å². The number of fused-ring (bicyclic) bond motifs is 1. The Morgan fingerprint density at radius 2 is 1.76 bits per heavy atom. The molecule has 0 bridgehead atoms. The van der Waals surface area contributed by atoms with Crippen molar-refractivity contribution in [3.8, 4) is 0 Å². The first-order valence-electron chi connectivity index (χ1n) is 6.23. The van der Waals surface area contributed by atoms with Gasteiger partial charge in [-0.2, -0.15) is 0 Å². The topological polar surface area (TPSA) is 33.1 Å². The number of rotatable bonds is 2. The number of aromatic nitrogens is 1. The number of aliphatic hydroxyl groups excluding tert-OH is 1. The van der Waals surface area contributed by atoms with Crippen molar-refractivity contribution >= 4 is 26.8 Å². The molecule has 0 radical (unpaired) electrons. The molecule has 1 atom stereocenters. The number of benzene rings is 2. The lowest BCUT2D eigenvalue weighted by Crippen LogP contribution is -2.06. The van der Waals surface area contributed by atoms with Crippen LogP contribution >= 0.6 is 15.9 Å². The normalized spacial score (nSPS) is 12.6. The molecule has 0 aliphatic heterocycles. The maximum absolute atomic E-state index is 13.9. The van der Waals surface area contributed by atoms with Crippen molar-refractivity contribution in [3.05, 3.63) is 75.9 Å². The third kappa shape index (κ3) is 2.66. The molecule has 2 aromatic carbocycles. The maximum atomic E-state index is 13.9. The van der Waals surface area contributed by atoms with Crippen LogP contribution in [-0.4, -0.2) is 10.1 Å². The molecule has 0 saturated carbocycles. The van der Waals surface area contributed by atoms with Crippen LogP contribution in [0.3, 0.4) is 0 Å². The molecular weight excluding hydrogens is 340 g/mol. The summed E-state index contributed by atoms with van der Waals surface area (Å²) in [6.45, 7) is 0. The highest BCUT2D eigenvalue weighted by atomic mass is 79.9. The summed E-state index contributed by atoms with van der Waals surface area (Å²) in [5, 5.41) is 11.1. The smallest absolute Gasteiger partial charge is 0.133 e. The summed E-state index contributed by atoms with van der Waals surface area (Å²) < 4.78 is 28.1. The molecule has 3 rings (SSSR count). The van der Waals surface area contributed by atoms with E-state index in [2.05, 4.69) is 20.9 Å². The van der Waals surface area contributed by atoms with Gasteiger partial charge in [0.1, 0.15) is 17.7 Å². The van der Waals surface area contributed by atoms with E-state index in [-0.39, 0.29) is 10.0 Å². The van der Waals surface area contributed by atoms with Gasteiger partial charge in [0.15, 0.2) is 0 Å². The van der Waals surface area contributed by atoms with Gasteiger partial charge in [-0.1, -0.05) is 28.1 Å². The van der Waals surface area contributed by atoms with Crippen LogP contribution in [0, 0.1) is 11.6 Å². The van der Waals surface area contributed by atoms with Crippen molar-refractivity contribution in [2.75, 3.05) is 0 Å². The van der Waals surface area contributed by atoms with Crippen molar-refractivity contribution in [3.63, 3.8) is 0 Å². The average Bonchev–Trinajstić information content (AvgIpc) is 2.45. The van der Waals surface area contributed by atoms with Gasteiger partial charge in [-0.15, -0.1) is 0 Å². The van der Waals surface area contributed by atoms with E-state index < -0.39 is 17.7 Å². The lowest BCUT2D eigenvalue weighted by molar-refractivity contribution is 0.209. The Morgan fingerprint density at radius 3 is 2.48 bits per heavy atom. The fourth-order valence-electron chi connectivity index (χ4n) is 2.25. The molecule has 5 heteroatoms. The number of aliphatic hydroxyl groups is 1. The lowest BCUT2D eigenvalue weighted by atomic mass is 9.99. The first-order chi connectivity index (χ1) is 10.1. The van der Waals surface area contributed by atoms with Crippen molar-refractivity contribution in [2.24, 2.45) is 0 Å². The molecule has 1 unspecified atom stereocenters. The predicted molar refractivity (Wildman–Crippen MR) is 79.9 cm³/mol. The van der Waals surface area contributed by atoms with Crippen LogP contribution < -0.4 is 0 Å². The summed E-state index contributed by atoms with van der Waals surface area (Å²) in [5.74, 6) is -1.58. The van der Waals surface area contributed by atoms with Gasteiger partial charge >= 0.3 is 0 Å². The third-order valence-corrected chi connectivity index (χ3v) is 3.72. The van der Waals surface area contributed by atoms with Crippen LogP contribution in [0.5, 0.6) is 0 Å². The van der Waals surface area contributed by atoms with Crippen LogP contribution in [-0.2, 0) is 0 Å². The van der Waals surface area contributed by atoms with Crippen LogP contribution in [0.1, 0.15) is 17.2 Å². The first kappa shape index (κ1) is 14.1. The Morgan fingerprint density at radius 1 is 1.05 bits per heavy atom. The van der Waals surface area contributed by atoms with E-state index in [1.807, 2.05) is 6.07 Å². The zero-order valence-electron chi connectivity index (χ0n) is 10.7. The summed E-state index contributed by atoms with van der Waals surface area (Å²) in [7, 11) is 0. The molecular formula is C16H10BrF2NO. The van der Waals surface area contributed by atoms with Crippen LogP contribution in [0.4, 0.5) is 8.78 Å². The standard InChI is InChI=1S/C16H10BrF2NO/c17-11-7-12(18)15(13(19)8-11)16(21)10-3-4-14-9(6-10)2-1-5-20-14/h1-8,16,21H. The minimum Gasteiger partial charge on any atom is -0.383 e. The Hall–Kier alpha value is -1.85. The van der Waals surface area contributed by atoms with Crippen molar-refractivity contribution in [1.29, 1.82) is 0 Å². The number of pyridine rings is 1. The van der Waals surface area contributed by atoms with Gasteiger partial charge in [0.25, 0.3) is 0 Å². The van der Waals surface area contributed by atoms with Gasteiger partial charge < -0.3 is 5.11 Å². The van der Waals surface area contributed by atoms with Crippen LogP contribution in [0.25, 0.3) is 10.9 Å². The summed E-state index contributed by atoms with van der Waals surface area (Å²) >= 11 is 3.02. The molecule has 21 heavy (non-hydrogen) atoms. The average molecular weight is 350 g/mol. The third-order valence-electron chi connectivity index (χ3n) is 3.26. The van der Waals surface area contributed by atoms with E-state index in [9.17, 15) is 13.9 Å². The molecule has 2 nitrogen and oxygen atoms in total. The quantitative estimate of drug-likeness (QED) is 0.745. The lowest BCUT2D eigenvalue weighted by Gasteiger charge is -2.14. The minimum absolute atomic E-state index is 0.288. The number of hydrogen-bond donors (Lipinski definition) is 1. The summed E-state index contributed by atoms with van der Waals surface area (Å²) in [6.07, 6.45) is 0.287. The van der Waals surface area contributed by atoms with Gasteiger partial charge in [-0.25, -0.2) is 8.78 Å². The van der Waals surface area contributed by atoms with E-state index in [4.69, 9.17) is 0 Å². The Balaban J connectivity index is 2.10. The zero-order chi connectivity index (χ0) is 15.0. The van der Waals surface area contributed by atoms with Crippen molar-refractivity contribution in [1.82, 2.24) is 4.98 Å². The molecule has 0 aliphatic carbocycles. The van der Waals surface area contributed by atoms with E-state index in [0.717, 1.165) is 23.0 Å². The summed E-state index contributed by atoms with van der Waals surface area (Å²) in [6, 6.07) is 10.8. The summed E-state index contributed by atoms with van der Waals surface area (Å²) in [4.78, 5) is 4.17. The zero-order valence-corrected chi connectivity index (χ0v) is 12.3. The molecule has 106 valence electrons. The van der Waals surface area contributed by atoms with Crippen molar-refractivity contribution < 1.29 is 13.9 Å². The molecule has 3 aromatic rings. The highest BCUT2D eigenvalue weighted by molar-refractivity contribution is 9.10. The van der Waals surface area contributed by atoms with E-state index in [1.165, 1.54) is 0 Å². The second-order valence-corrected chi connectivity index (χ2v) is 5.56. The van der Waals surface area contributed by atoms with Gasteiger partial charge in [-0.3, -0.25) is 4.98 Å². The predicted octanol–water partition coefficient (Wildman–Crippen LogP) is 4.36. The van der Waals surface area contributed by atoms with E-state index >= 15 is 0 Å². The molecule has 0 fully saturated rings. The molecule has 0 aliphatic rings. The highest BCUT2D eigenvalue weighted by Gasteiger charge is 2.20. The van der Waals surface area contributed by atoms with Gasteiger partial charge in [0.05, 0.1) is 11.1 Å². The second kappa shape index (κ2) is 5.50. The Kier molecular flexibility index (Phi) is 3.69. The fraction of sp³-hybridized carbons (Fsp3) is 0.0625. The Labute approximate surface area is 128 Å². The fourth-order valence-corrected chi connectivity index (χ4v) is 2.65. The van der Waals surface area contributed by atoms with E-state index in [0.29, 0.717) is 5.56 Å². The minimum atomic E-state index is -1.37. The number of halogens is 3. The van der Waals surface area contributed by atoms with Crippen LogP contribution in [0.2, 0.25) is 0 Å². The molecule has 1 heterocycles. The number of nitrogens with zero attached hydrogens (tertiary/aromatic N) is 1. The van der Waals surface area contributed by atoms with Gasteiger partial charge in [0.2, 0.25) is 0 Å². The second-order valence-electron chi connectivity index (χ2n) is 4.64. The maximum Gasteiger partial charge on any atom is 0.133 e. The molecule has 1 aromatic heterocycles. The van der Waals surface area contributed by atoms with Gasteiger partial charge in [0, 0.05) is 16.1 Å². The van der Waals surface area contributed by atoms with Crippen molar-refractivity contribution in [2.45, 2.75) is 6.10 Å². The van der Waals surface area contributed by atoms with Crippen LogP contribution in [0.15, 0.2) is 53.1 Å². The SMILES string of the molecule is OC(c1ccc2ncccc2c1)c1c(F)cc(Br)cc1F. The first-order valence-corrected chi connectivity index (χ1v) is 7.03.